The lowest BCUT2D eigenvalue weighted by Crippen LogP contribution is -2.36. The number of carbonyl (C=O) groups excluding carboxylic acids is 2. The van der Waals surface area contributed by atoms with Gasteiger partial charge in [0.2, 0.25) is 5.91 Å². The highest BCUT2D eigenvalue weighted by Gasteiger charge is 2.31. The number of rotatable bonds is 6. The normalized spacial score (nSPS) is 16.4. The summed E-state index contributed by atoms with van der Waals surface area (Å²) in [5, 5.41) is 7.73. The molecule has 0 bridgehead atoms. The Labute approximate surface area is 215 Å². The van der Waals surface area contributed by atoms with E-state index in [4.69, 9.17) is 10.1 Å². The van der Waals surface area contributed by atoms with E-state index >= 15 is 0 Å². The Morgan fingerprint density at radius 3 is 2.68 bits per heavy atom. The summed E-state index contributed by atoms with van der Waals surface area (Å²) in [6.45, 7) is 4.31. The molecule has 2 aromatic carbocycles. The number of para-hydroxylation sites is 2. The second kappa shape index (κ2) is 10.2. The summed E-state index contributed by atoms with van der Waals surface area (Å²) < 4.78 is 2.04. The molecule has 0 aliphatic carbocycles. The number of nitrogens with zero attached hydrogens (tertiary/aromatic N) is 5. The molecule has 1 fully saturated rings. The lowest BCUT2D eigenvalue weighted by molar-refractivity contribution is -0.120. The number of amides is 2. The van der Waals surface area contributed by atoms with Gasteiger partial charge >= 0.3 is 0 Å². The van der Waals surface area contributed by atoms with E-state index in [-0.39, 0.29) is 11.8 Å². The van der Waals surface area contributed by atoms with E-state index in [0.29, 0.717) is 44.8 Å². The van der Waals surface area contributed by atoms with Crippen LogP contribution < -0.4 is 5.32 Å². The highest BCUT2D eigenvalue weighted by atomic mass is 16.2. The van der Waals surface area contributed by atoms with Crippen molar-refractivity contribution in [1.82, 2.24) is 34.9 Å². The monoisotopic (exact) mass is 497 g/mol. The van der Waals surface area contributed by atoms with Crippen LogP contribution in [0, 0.1) is 0 Å². The van der Waals surface area contributed by atoms with Crippen LogP contribution in [0.15, 0.2) is 54.6 Å². The highest BCUT2D eigenvalue weighted by molar-refractivity contribution is 5.94. The first-order valence-corrected chi connectivity index (χ1v) is 13.0. The van der Waals surface area contributed by atoms with Crippen molar-refractivity contribution in [2.75, 3.05) is 26.2 Å². The van der Waals surface area contributed by atoms with Crippen LogP contribution in [0.5, 0.6) is 0 Å². The first-order chi connectivity index (χ1) is 18.1. The van der Waals surface area contributed by atoms with E-state index < -0.39 is 0 Å². The molecule has 37 heavy (non-hydrogen) atoms. The SMILES string of the molecule is O=C1CCN(C(=O)c2nn(CCc3ccccc3)c3c2CN(Cc2nc4ccccc4[nH]2)CC3)CCN1. The van der Waals surface area contributed by atoms with Crippen molar-refractivity contribution in [3.63, 3.8) is 0 Å². The fourth-order valence-electron chi connectivity index (χ4n) is 5.33. The van der Waals surface area contributed by atoms with E-state index in [2.05, 4.69) is 27.3 Å². The van der Waals surface area contributed by atoms with Crippen molar-refractivity contribution >= 4 is 22.8 Å². The van der Waals surface area contributed by atoms with Gasteiger partial charge in [-0.15, -0.1) is 0 Å². The van der Waals surface area contributed by atoms with Crippen LogP contribution in [0.25, 0.3) is 11.0 Å². The zero-order valence-electron chi connectivity index (χ0n) is 20.8. The minimum atomic E-state index is -0.0863. The molecule has 9 nitrogen and oxygen atoms in total. The standard InChI is InChI=1S/C28H31N7O2/c36-26-12-15-34(17-13-29-26)28(37)27-21-18-33(19-25-30-22-8-4-5-9-23(22)31-25)14-11-24(21)35(32-27)16-10-20-6-2-1-3-7-20/h1-9H,10-19H2,(H,29,36)(H,30,31). The van der Waals surface area contributed by atoms with E-state index in [9.17, 15) is 9.59 Å². The quantitative estimate of drug-likeness (QED) is 0.427. The van der Waals surface area contributed by atoms with Crippen LogP contribution in [0.3, 0.4) is 0 Å². The van der Waals surface area contributed by atoms with Gasteiger partial charge in [0.1, 0.15) is 5.82 Å². The third kappa shape index (κ3) is 4.99. The predicted molar refractivity (Wildman–Crippen MR) is 140 cm³/mol. The molecule has 0 spiro atoms. The van der Waals surface area contributed by atoms with Gasteiger partial charge in [-0.1, -0.05) is 42.5 Å². The smallest absolute Gasteiger partial charge is 0.274 e. The van der Waals surface area contributed by atoms with E-state index in [1.54, 1.807) is 4.90 Å². The Kier molecular flexibility index (Phi) is 6.44. The number of hydrogen-bond acceptors (Lipinski definition) is 5. The lowest BCUT2D eigenvalue weighted by atomic mass is 10.0. The van der Waals surface area contributed by atoms with Crippen molar-refractivity contribution in [2.24, 2.45) is 0 Å². The Morgan fingerprint density at radius 1 is 0.973 bits per heavy atom. The highest BCUT2D eigenvalue weighted by Crippen LogP contribution is 2.26. The molecule has 190 valence electrons. The first-order valence-electron chi connectivity index (χ1n) is 13.0. The van der Waals surface area contributed by atoms with Crippen LogP contribution in [-0.4, -0.2) is 67.5 Å². The van der Waals surface area contributed by atoms with Crippen molar-refractivity contribution < 1.29 is 9.59 Å². The summed E-state index contributed by atoms with van der Waals surface area (Å²) in [4.78, 5) is 37.8. The van der Waals surface area contributed by atoms with Crippen LogP contribution in [0.2, 0.25) is 0 Å². The molecule has 4 aromatic rings. The molecule has 9 heteroatoms. The number of imidazole rings is 1. The Balaban J connectivity index is 1.26. The van der Waals surface area contributed by atoms with Crippen molar-refractivity contribution in [3.8, 4) is 0 Å². The Bertz CT molecular complexity index is 1390. The topological polar surface area (TPSA) is 99.2 Å². The Morgan fingerprint density at radius 2 is 1.81 bits per heavy atom. The molecule has 2 aliphatic heterocycles. The molecule has 1 saturated heterocycles. The second-order valence-corrected chi connectivity index (χ2v) is 9.79. The van der Waals surface area contributed by atoms with Gasteiger partial charge in [0.05, 0.1) is 17.6 Å². The van der Waals surface area contributed by atoms with Gasteiger partial charge < -0.3 is 15.2 Å². The van der Waals surface area contributed by atoms with Crippen molar-refractivity contribution in [2.45, 2.75) is 38.9 Å². The van der Waals surface area contributed by atoms with Gasteiger partial charge in [-0.25, -0.2) is 4.98 Å². The van der Waals surface area contributed by atoms with Crippen molar-refractivity contribution in [3.05, 3.63) is 82.9 Å². The molecular formula is C28H31N7O2. The van der Waals surface area contributed by atoms with E-state index in [1.807, 2.05) is 47.1 Å². The number of hydrogen-bond donors (Lipinski definition) is 2. The average Bonchev–Trinajstić information content (AvgIpc) is 3.42. The number of nitrogens with one attached hydrogen (secondary N) is 2. The maximum absolute atomic E-state index is 13.7. The molecule has 2 amide bonds. The number of aryl methyl sites for hydroxylation is 2. The molecule has 4 heterocycles. The molecule has 0 unspecified atom stereocenters. The molecular weight excluding hydrogens is 466 g/mol. The molecule has 0 atom stereocenters. The van der Waals surface area contributed by atoms with Gasteiger partial charge in [-0.3, -0.25) is 19.2 Å². The molecule has 2 N–H and O–H groups in total. The fourth-order valence-corrected chi connectivity index (χ4v) is 5.33. The van der Waals surface area contributed by atoms with Crippen LogP contribution in [0.1, 0.15) is 39.6 Å². The van der Waals surface area contributed by atoms with Gasteiger partial charge in [-0.05, 0) is 24.1 Å². The summed E-state index contributed by atoms with van der Waals surface area (Å²) in [5.41, 5.74) is 5.91. The van der Waals surface area contributed by atoms with Crippen LogP contribution in [0.4, 0.5) is 0 Å². The first kappa shape index (κ1) is 23.4. The number of fused-ring (bicyclic) bond motifs is 2. The molecule has 0 saturated carbocycles. The van der Waals surface area contributed by atoms with Gasteiger partial charge in [0.25, 0.3) is 5.91 Å². The lowest BCUT2D eigenvalue weighted by Gasteiger charge is -2.27. The van der Waals surface area contributed by atoms with Crippen LogP contribution in [-0.2, 0) is 37.3 Å². The van der Waals surface area contributed by atoms with Gasteiger partial charge in [-0.2, -0.15) is 5.10 Å². The fraction of sp³-hybridized carbons (Fsp3) is 0.357. The molecule has 2 aromatic heterocycles. The Hall–Kier alpha value is -3.98. The maximum Gasteiger partial charge on any atom is 0.274 e. The van der Waals surface area contributed by atoms with Crippen LogP contribution >= 0.6 is 0 Å². The number of benzene rings is 2. The summed E-state index contributed by atoms with van der Waals surface area (Å²) in [7, 11) is 0. The van der Waals surface area contributed by atoms with E-state index in [1.165, 1.54) is 5.56 Å². The summed E-state index contributed by atoms with van der Waals surface area (Å²) in [6.07, 6.45) is 2.00. The minimum Gasteiger partial charge on any atom is -0.354 e. The summed E-state index contributed by atoms with van der Waals surface area (Å²) in [6, 6.07) is 18.4. The summed E-state index contributed by atoms with van der Waals surface area (Å²) >= 11 is 0. The zero-order chi connectivity index (χ0) is 25.2. The predicted octanol–water partition coefficient (Wildman–Crippen LogP) is 2.52. The van der Waals surface area contributed by atoms with Gasteiger partial charge in [0, 0.05) is 63.4 Å². The summed E-state index contributed by atoms with van der Waals surface area (Å²) in [5.74, 6) is 0.825. The zero-order valence-corrected chi connectivity index (χ0v) is 20.8. The van der Waals surface area contributed by atoms with Crippen molar-refractivity contribution in [1.29, 1.82) is 0 Å². The minimum absolute atomic E-state index is 0.0114. The third-order valence-corrected chi connectivity index (χ3v) is 7.28. The molecule has 2 aliphatic rings. The number of H-pyrrole nitrogens is 1. The second-order valence-electron chi connectivity index (χ2n) is 9.79. The molecule has 0 radical (unpaired) electrons. The molecule has 6 rings (SSSR count). The largest absolute Gasteiger partial charge is 0.354 e. The number of aromatic nitrogens is 4. The van der Waals surface area contributed by atoms with E-state index in [0.717, 1.165) is 54.0 Å². The van der Waals surface area contributed by atoms with Gasteiger partial charge in [0.15, 0.2) is 5.69 Å². The number of aromatic amines is 1. The third-order valence-electron chi connectivity index (χ3n) is 7.28. The number of carbonyl (C=O) groups is 2. The average molecular weight is 498 g/mol. The maximum atomic E-state index is 13.7.